The lowest BCUT2D eigenvalue weighted by atomic mass is 10.1. The maximum absolute atomic E-state index is 13.9. The topological polar surface area (TPSA) is 78.5 Å². The average Bonchev–Trinajstić information content (AvgIpc) is 2.96. The van der Waals surface area contributed by atoms with Crippen LogP contribution in [0.25, 0.3) is 0 Å². The molecule has 1 fully saturated rings. The Morgan fingerprint density at radius 2 is 1.96 bits per heavy atom. The molecule has 25 heavy (non-hydrogen) atoms. The van der Waals surface area contributed by atoms with Gasteiger partial charge in [-0.05, 0) is 32.4 Å². The molecule has 1 aromatic carbocycles. The third kappa shape index (κ3) is 4.55. The highest BCUT2D eigenvalue weighted by Crippen LogP contribution is 2.27. The summed E-state index contributed by atoms with van der Waals surface area (Å²) in [5, 5.41) is 5.43. The minimum absolute atomic E-state index is 0.000130. The van der Waals surface area contributed by atoms with Crippen molar-refractivity contribution in [2.75, 3.05) is 11.4 Å². The minimum Gasteiger partial charge on any atom is -0.352 e. The molecule has 0 saturated carbocycles. The van der Waals surface area contributed by atoms with Crippen LogP contribution in [0.2, 0.25) is 0 Å². The Kier molecular flexibility index (Phi) is 6.12. The van der Waals surface area contributed by atoms with Gasteiger partial charge in [-0.2, -0.15) is 0 Å². The second kappa shape index (κ2) is 8.09. The lowest BCUT2D eigenvalue weighted by molar-refractivity contribution is -0.131. The number of anilines is 1. The first kappa shape index (κ1) is 18.9. The third-order valence-corrected chi connectivity index (χ3v) is 4.39. The zero-order valence-corrected chi connectivity index (χ0v) is 14.7. The van der Waals surface area contributed by atoms with Crippen molar-refractivity contribution >= 4 is 23.4 Å². The molecule has 0 radical (unpaired) electrons. The predicted octanol–water partition coefficient (Wildman–Crippen LogP) is 1.60. The van der Waals surface area contributed by atoms with E-state index in [1.165, 1.54) is 17.0 Å². The van der Waals surface area contributed by atoms with E-state index in [0.717, 1.165) is 6.42 Å². The minimum atomic E-state index is -0.695. The van der Waals surface area contributed by atoms with Gasteiger partial charge in [0.2, 0.25) is 17.7 Å². The summed E-state index contributed by atoms with van der Waals surface area (Å²) >= 11 is 0. The molecule has 1 aromatic rings. The van der Waals surface area contributed by atoms with Gasteiger partial charge in [-0.15, -0.1) is 0 Å². The van der Waals surface area contributed by atoms with Crippen molar-refractivity contribution in [1.82, 2.24) is 10.6 Å². The molecule has 0 aromatic heterocycles. The molecule has 136 valence electrons. The molecule has 1 saturated heterocycles. The third-order valence-electron chi connectivity index (χ3n) is 4.39. The Balaban J connectivity index is 1.96. The predicted molar refractivity (Wildman–Crippen MR) is 92.4 cm³/mol. The zero-order valence-electron chi connectivity index (χ0n) is 14.7. The van der Waals surface area contributed by atoms with Crippen molar-refractivity contribution in [3.63, 3.8) is 0 Å². The Morgan fingerprint density at radius 1 is 1.28 bits per heavy atom. The van der Waals surface area contributed by atoms with Gasteiger partial charge in [0.05, 0.1) is 11.6 Å². The fourth-order valence-electron chi connectivity index (χ4n) is 2.65. The van der Waals surface area contributed by atoms with Gasteiger partial charge in [0.15, 0.2) is 0 Å². The smallest absolute Gasteiger partial charge is 0.242 e. The molecule has 3 amide bonds. The SMILES string of the molecule is CCC(C)NC(=O)C(C)NC(=O)C1CC(=O)N(c2ccccc2F)C1. The average molecular weight is 349 g/mol. The molecule has 2 N–H and O–H groups in total. The fraction of sp³-hybridized carbons (Fsp3) is 0.500. The van der Waals surface area contributed by atoms with Crippen molar-refractivity contribution in [2.45, 2.75) is 45.7 Å². The lowest BCUT2D eigenvalue weighted by Gasteiger charge is -2.20. The molecule has 3 unspecified atom stereocenters. The van der Waals surface area contributed by atoms with Crippen LogP contribution in [-0.4, -0.2) is 36.3 Å². The number of rotatable bonds is 6. The van der Waals surface area contributed by atoms with Crippen LogP contribution in [0, 0.1) is 11.7 Å². The summed E-state index contributed by atoms with van der Waals surface area (Å²) in [4.78, 5) is 37.8. The lowest BCUT2D eigenvalue weighted by Crippen LogP contribution is -2.49. The number of hydrogen-bond acceptors (Lipinski definition) is 3. The van der Waals surface area contributed by atoms with Gasteiger partial charge in [0.25, 0.3) is 0 Å². The number of benzene rings is 1. The van der Waals surface area contributed by atoms with Gasteiger partial charge < -0.3 is 15.5 Å². The summed E-state index contributed by atoms with van der Waals surface area (Å²) in [5.41, 5.74) is 0.172. The highest BCUT2D eigenvalue weighted by molar-refractivity contribution is 6.01. The number of hydrogen-bond donors (Lipinski definition) is 2. The van der Waals surface area contributed by atoms with Crippen molar-refractivity contribution in [3.05, 3.63) is 30.1 Å². The van der Waals surface area contributed by atoms with E-state index in [2.05, 4.69) is 10.6 Å². The van der Waals surface area contributed by atoms with Crippen molar-refractivity contribution in [3.8, 4) is 0 Å². The molecule has 3 atom stereocenters. The molecule has 0 bridgehead atoms. The van der Waals surface area contributed by atoms with E-state index in [0.29, 0.717) is 0 Å². The van der Waals surface area contributed by atoms with Crippen molar-refractivity contribution in [1.29, 1.82) is 0 Å². The van der Waals surface area contributed by atoms with E-state index in [4.69, 9.17) is 0 Å². The van der Waals surface area contributed by atoms with Crippen LogP contribution in [-0.2, 0) is 14.4 Å². The van der Waals surface area contributed by atoms with E-state index in [-0.39, 0.29) is 42.4 Å². The van der Waals surface area contributed by atoms with Crippen LogP contribution >= 0.6 is 0 Å². The number of nitrogens with one attached hydrogen (secondary N) is 2. The Labute approximate surface area is 146 Å². The first-order valence-electron chi connectivity index (χ1n) is 8.49. The summed E-state index contributed by atoms with van der Waals surface area (Å²) < 4.78 is 13.9. The van der Waals surface area contributed by atoms with Crippen LogP contribution in [0.5, 0.6) is 0 Å². The van der Waals surface area contributed by atoms with Gasteiger partial charge in [-0.1, -0.05) is 19.1 Å². The number of halogens is 1. The van der Waals surface area contributed by atoms with Crippen LogP contribution < -0.4 is 15.5 Å². The number of para-hydroxylation sites is 1. The molecule has 1 heterocycles. The van der Waals surface area contributed by atoms with Crippen LogP contribution in [0.4, 0.5) is 10.1 Å². The van der Waals surface area contributed by atoms with Crippen LogP contribution in [0.3, 0.4) is 0 Å². The van der Waals surface area contributed by atoms with Crippen molar-refractivity contribution < 1.29 is 18.8 Å². The maximum atomic E-state index is 13.9. The standard InChI is InChI=1S/C18H24FN3O3/c1-4-11(2)20-17(24)12(3)21-18(25)13-9-16(23)22(10-13)15-8-6-5-7-14(15)19/h5-8,11-13H,4,9-10H2,1-3H3,(H,20,24)(H,21,25). The molecule has 2 rings (SSSR count). The van der Waals surface area contributed by atoms with Crippen molar-refractivity contribution in [2.24, 2.45) is 5.92 Å². The second-order valence-electron chi connectivity index (χ2n) is 6.40. The number of amides is 3. The van der Waals surface area contributed by atoms with E-state index in [9.17, 15) is 18.8 Å². The summed E-state index contributed by atoms with van der Waals surface area (Å²) in [5.74, 6) is -2.05. The normalized spacial score (nSPS) is 19.4. The summed E-state index contributed by atoms with van der Waals surface area (Å²) in [6, 6.07) is 5.30. The fourth-order valence-corrected chi connectivity index (χ4v) is 2.65. The number of carbonyl (C=O) groups excluding carboxylic acids is 3. The number of carbonyl (C=O) groups is 3. The molecular weight excluding hydrogens is 325 g/mol. The molecule has 6 nitrogen and oxygen atoms in total. The van der Waals surface area contributed by atoms with Gasteiger partial charge in [0, 0.05) is 19.0 Å². The van der Waals surface area contributed by atoms with E-state index < -0.39 is 17.8 Å². The van der Waals surface area contributed by atoms with Gasteiger partial charge in [0.1, 0.15) is 11.9 Å². The molecule has 0 spiro atoms. The quantitative estimate of drug-likeness (QED) is 0.819. The molecule has 7 heteroatoms. The Bertz CT molecular complexity index is 665. The highest BCUT2D eigenvalue weighted by Gasteiger charge is 2.36. The maximum Gasteiger partial charge on any atom is 0.242 e. The highest BCUT2D eigenvalue weighted by atomic mass is 19.1. The molecule has 1 aliphatic heterocycles. The molecular formula is C18H24FN3O3. The van der Waals surface area contributed by atoms with Gasteiger partial charge in [-0.3, -0.25) is 14.4 Å². The summed E-state index contributed by atoms with van der Waals surface area (Å²) in [6.07, 6.45) is 0.793. The van der Waals surface area contributed by atoms with Gasteiger partial charge >= 0.3 is 0 Å². The van der Waals surface area contributed by atoms with Crippen LogP contribution in [0.1, 0.15) is 33.6 Å². The molecule has 1 aliphatic rings. The largest absolute Gasteiger partial charge is 0.352 e. The second-order valence-corrected chi connectivity index (χ2v) is 6.40. The van der Waals surface area contributed by atoms with Gasteiger partial charge in [-0.25, -0.2) is 4.39 Å². The zero-order chi connectivity index (χ0) is 18.6. The van der Waals surface area contributed by atoms with Crippen LogP contribution in [0.15, 0.2) is 24.3 Å². The molecule has 0 aliphatic carbocycles. The number of nitrogens with zero attached hydrogens (tertiary/aromatic N) is 1. The Hall–Kier alpha value is -2.44. The van der Waals surface area contributed by atoms with E-state index in [1.54, 1.807) is 19.1 Å². The Morgan fingerprint density at radius 3 is 2.60 bits per heavy atom. The van der Waals surface area contributed by atoms with E-state index >= 15 is 0 Å². The monoisotopic (exact) mass is 349 g/mol. The van der Waals surface area contributed by atoms with E-state index in [1.807, 2.05) is 13.8 Å². The first-order chi connectivity index (χ1) is 11.8. The summed E-state index contributed by atoms with van der Waals surface area (Å²) in [7, 11) is 0. The summed E-state index contributed by atoms with van der Waals surface area (Å²) in [6.45, 7) is 5.54. The first-order valence-corrected chi connectivity index (χ1v) is 8.49.